The molecule has 2 amide bonds. The number of carbonyl (C=O) groups excluding carboxylic acids is 2. The van der Waals surface area contributed by atoms with Crippen LogP contribution >= 0.6 is 11.3 Å². The summed E-state index contributed by atoms with van der Waals surface area (Å²) in [5.41, 5.74) is 3.26. The van der Waals surface area contributed by atoms with Gasteiger partial charge in [-0.3, -0.25) is 9.59 Å². The summed E-state index contributed by atoms with van der Waals surface area (Å²) >= 11 is 1.39. The molecule has 2 N–H and O–H groups in total. The number of nitrogens with one attached hydrogen (secondary N) is 2. The van der Waals surface area contributed by atoms with E-state index in [0.29, 0.717) is 24.2 Å². The third-order valence-electron chi connectivity index (χ3n) is 4.95. The van der Waals surface area contributed by atoms with Crippen LogP contribution in [0.1, 0.15) is 64.4 Å². The van der Waals surface area contributed by atoms with Gasteiger partial charge in [0.1, 0.15) is 11.5 Å². The lowest BCUT2D eigenvalue weighted by Gasteiger charge is -2.22. The molecule has 2 aromatic rings. The Labute approximate surface area is 149 Å². The van der Waals surface area contributed by atoms with E-state index in [1.165, 1.54) is 11.3 Å². The minimum atomic E-state index is -0.178. The van der Waals surface area contributed by atoms with Crippen LogP contribution in [-0.4, -0.2) is 34.0 Å². The Bertz CT molecular complexity index is 765. The van der Waals surface area contributed by atoms with Crippen LogP contribution in [0.25, 0.3) is 0 Å². The average molecular weight is 360 g/mol. The molecule has 7 nitrogen and oxygen atoms in total. The fourth-order valence-electron chi connectivity index (χ4n) is 3.61. The van der Waals surface area contributed by atoms with E-state index in [4.69, 9.17) is 4.52 Å². The number of fused-ring (bicyclic) bond motifs is 1. The lowest BCUT2D eigenvalue weighted by Crippen LogP contribution is -2.40. The Balaban J connectivity index is 1.44. The monoisotopic (exact) mass is 360 g/mol. The molecule has 132 valence electrons. The van der Waals surface area contributed by atoms with Crippen molar-refractivity contribution in [3.05, 3.63) is 33.6 Å². The quantitative estimate of drug-likeness (QED) is 0.870. The number of hydrogen-bond donors (Lipinski definition) is 2. The van der Waals surface area contributed by atoms with Gasteiger partial charge < -0.3 is 15.2 Å². The van der Waals surface area contributed by atoms with E-state index in [2.05, 4.69) is 20.8 Å². The van der Waals surface area contributed by atoms with Crippen molar-refractivity contribution in [1.29, 1.82) is 0 Å². The SMILES string of the molecule is O=C(NC1CCc2onc(C(=O)NC3CCCC3)c2C1)c1cscn1. The highest BCUT2D eigenvalue weighted by Gasteiger charge is 2.30. The van der Waals surface area contributed by atoms with Crippen LogP contribution in [0.3, 0.4) is 0 Å². The van der Waals surface area contributed by atoms with E-state index in [-0.39, 0.29) is 23.9 Å². The summed E-state index contributed by atoms with van der Waals surface area (Å²) < 4.78 is 5.36. The smallest absolute Gasteiger partial charge is 0.273 e. The standard InChI is InChI=1S/C17H20N4O3S/c22-16(13-8-25-9-18-13)20-11-5-6-14-12(7-11)15(21-24-14)17(23)19-10-3-1-2-4-10/h8-11H,1-7H2,(H,19,23)(H,20,22). The van der Waals surface area contributed by atoms with Gasteiger partial charge in [0.2, 0.25) is 0 Å². The van der Waals surface area contributed by atoms with E-state index < -0.39 is 0 Å². The zero-order valence-corrected chi connectivity index (χ0v) is 14.6. The maximum atomic E-state index is 12.5. The summed E-state index contributed by atoms with van der Waals surface area (Å²) in [6.07, 6.45) is 6.36. The number of aryl methyl sites for hydroxylation is 1. The first-order chi connectivity index (χ1) is 12.2. The van der Waals surface area contributed by atoms with Gasteiger partial charge in [-0.2, -0.15) is 0 Å². The molecule has 0 saturated heterocycles. The number of amides is 2. The van der Waals surface area contributed by atoms with Crippen molar-refractivity contribution in [1.82, 2.24) is 20.8 Å². The number of thiazole rings is 1. The van der Waals surface area contributed by atoms with Crippen LogP contribution in [0.2, 0.25) is 0 Å². The first-order valence-corrected chi connectivity index (χ1v) is 9.62. The first-order valence-electron chi connectivity index (χ1n) is 8.68. The number of carbonyl (C=O) groups is 2. The van der Waals surface area contributed by atoms with Gasteiger partial charge in [-0.25, -0.2) is 4.98 Å². The minimum Gasteiger partial charge on any atom is -0.360 e. The third kappa shape index (κ3) is 3.44. The lowest BCUT2D eigenvalue weighted by molar-refractivity contribution is 0.0923. The predicted octanol–water partition coefficient (Wildman–Crippen LogP) is 2.09. The van der Waals surface area contributed by atoms with Crippen molar-refractivity contribution >= 4 is 23.2 Å². The topological polar surface area (TPSA) is 97.1 Å². The van der Waals surface area contributed by atoms with E-state index in [1.54, 1.807) is 10.9 Å². The molecule has 2 aliphatic carbocycles. The van der Waals surface area contributed by atoms with E-state index in [0.717, 1.165) is 43.4 Å². The molecule has 0 spiro atoms. The molecular weight excluding hydrogens is 340 g/mol. The summed E-state index contributed by atoms with van der Waals surface area (Å²) in [6.45, 7) is 0. The Morgan fingerprint density at radius 2 is 1.92 bits per heavy atom. The molecule has 2 aliphatic rings. The average Bonchev–Trinajstić information content (AvgIpc) is 3.36. The second-order valence-electron chi connectivity index (χ2n) is 6.67. The molecule has 2 heterocycles. The van der Waals surface area contributed by atoms with Gasteiger partial charge in [0.25, 0.3) is 11.8 Å². The predicted molar refractivity (Wildman–Crippen MR) is 91.6 cm³/mol. The summed E-state index contributed by atoms with van der Waals surface area (Å²) in [5.74, 6) is 0.419. The lowest BCUT2D eigenvalue weighted by atomic mass is 9.91. The minimum absolute atomic E-state index is 0.0425. The molecule has 0 radical (unpaired) electrons. The molecule has 1 fully saturated rings. The number of rotatable bonds is 4. The molecule has 0 aliphatic heterocycles. The van der Waals surface area contributed by atoms with Crippen LogP contribution in [0.5, 0.6) is 0 Å². The van der Waals surface area contributed by atoms with E-state index in [9.17, 15) is 9.59 Å². The maximum Gasteiger partial charge on any atom is 0.273 e. The van der Waals surface area contributed by atoms with Crippen LogP contribution < -0.4 is 10.6 Å². The van der Waals surface area contributed by atoms with Crippen molar-refractivity contribution in [3.63, 3.8) is 0 Å². The Hall–Kier alpha value is -2.22. The number of nitrogens with zero attached hydrogens (tertiary/aromatic N) is 2. The van der Waals surface area contributed by atoms with Gasteiger partial charge in [-0.05, 0) is 25.7 Å². The zero-order chi connectivity index (χ0) is 17.2. The fourth-order valence-corrected chi connectivity index (χ4v) is 4.15. The summed E-state index contributed by atoms with van der Waals surface area (Å²) in [7, 11) is 0. The van der Waals surface area contributed by atoms with Crippen molar-refractivity contribution in [2.75, 3.05) is 0 Å². The van der Waals surface area contributed by atoms with Gasteiger partial charge in [0.15, 0.2) is 5.69 Å². The zero-order valence-electron chi connectivity index (χ0n) is 13.8. The fraction of sp³-hybridized carbons (Fsp3) is 0.529. The molecule has 1 unspecified atom stereocenters. The third-order valence-corrected chi connectivity index (χ3v) is 5.53. The molecular formula is C17H20N4O3S. The molecule has 4 rings (SSSR count). The second kappa shape index (κ2) is 6.95. The first kappa shape index (κ1) is 16.3. The number of aromatic nitrogens is 2. The van der Waals surface area contributed by atoms with Gasteiger partial charge in [-0.1, -0.05) is 18.0 Å². The Morgan fingerprint density at radius 1 is 1.12 bits per heavy atom. The van der Waals surface area contributed by atoms with Crippen LogP contribution in [0, 0.1) is 0 Å². The maximum absolute atomic E-state index is 12.5. The highest BCUT2D eigenvalue weighted by atomic mass is 32.1. The number of hydrogen-bond acceptors (Lipinski definition) is 6. The molecule has 1 atom stereocenters. The second-order valence-corrected chi connectivity index (χ2v) is 7.39. The Kier molecular flexibility index (Phi) is 4.52. The molecule has 25 heavy (non-hydrogen) atoms. The van der Waals surface area contributed by atoms with Crippen molar-refractivity contribution in [2.24, 2.45) is 0 Å². The molecule has 0 aromatic carbocycles. The van der Waals surface area contributed by atoms with Crippen LogP contribution in [0.15, 0.2) is 15.4 Å². The highest BCUT2D eigenvalue weighted by Crippen LogP contribution is 2.26. The summed E-state index contributed by atoms with van der Waals surface area (Å²) in [4.78, 5) is 28.7. The van der Waals surface area contributed by atoms with Gasteiger partial charge >= 0.3 is 0 Å². The van der Waals surface area contributed by atoms with Gasteiger partial charge in [-0.15, -0.1) is 11.3 Å². The van der Waals surface area contributed by atoms with Crippen LogP contribution in [0.4, 0.5) is 0 Å². The van der Waals surface area contributed by atoms with Crippen molar-refractivity contribution < 1.29 is 14.1 Å². The van der Waals surface area contributed by atoms with Gasteiger partial charge in [0, 0.05) is 29.4 Å². The Morgan fingerprint density at radius 3 is 2.68 bits per heavy atom. The van der Waals surface area contributed by atoms with Crippen molar-refractivity contribution in [2.45, 2.75) is 57.0 Å². The normalized spacial score (nSPS) is 20.2. The van der Waals surface area contributed by atoms with Gasteiger partial charge in [0.05, 0.1) is 5.51 Å². The van der Waals surface area contributed by atoms with E-state index in [1.807, 2.05) is 0 Å². The molecule has 1 saturated carbocycles. The van der Waals surface area contributed by atoms with Crippen LogP contribution in [-0.2, 0) is 12.8 Å². The molecule has 0 bridgehead atoms. The summed E-state index contributed by atoms with van der Waals surface area (Å²) in [6, 6.07) is 0.197. The largest absolute Gasteiger partial charge is 0.360 e. The van der Waals surface area contributed by atoms with E-state index >= 15 is 0 Å². The molecule has 8 heteroatoms. The molecule has 2 aromatic heterocycles. The van der Waals surface area contributed by atoms with Crippen molar-refractivity contribution in [3.8, 4) is 0 Å². The highest BCUT2D eigenvalue weighted by molar-refractivity contribution is 7.07. The summed E-state index contributed by atoms with van der Waals surface area (Å²) in [5, 5.41) is 11.8.